The Morgan fingerprint density at radius 1 is 1.08 bits per heavy atom. The second-order valence-electron chi connectivity index (χ2n) is 7.27. The third kappa shape index (κ3) is 7.65. The number of carbonyl (C=O) groups excluding carboxylic acids is 2. The molecule has 0 aromatic heterocycles. The first-order valence-electron chi connectivity index (χ1n) is 10.2. The minimum absolute atomic E-state index is 0.00463. The second-order valence-corrected chi connectivity index (χ2v) is 9.13. The molecular formula is C21H21F6N3O6S. The molecule has 9 nitrogen and oxygen atoms in total. The Balaban J connectivity index is 0.000000877. The summed E-state index contributed by atoms with van der Waals surface area (Å²) in [5.74, 6) is -5.78. The third-order valence-electron chi connectivity index (χ3n) is 4.58. The highest BCUT2D eigenvalue weighted by Gasteiger charge is 2.58. The van der Waals surface area contributed by atoms with Crippen LogP contribution in [0.2, 0.25) is 0 Å². The lowest BCUT2D eigenvalue weighted by Gasteiger charge is -2.30. The number of alkyl halides is 5. The number of nitrogens with zero attached hydrogens (tertiary/aromatic N) is 1. The lowest BCUT2D eigenvalue weighted by molar-refractivity contribution is -0.291. The fourth-order valence-corrected chi connectivity index (χ4v) is 4.10. The van der Waals surface area contributed by atoms with Crippen LogP contribution in [-0.4, -0.2) is 59.3 Å². The molecule has 16 heteroatoms. The van der Waals surface area contributed by atoms with Gasteiger partial charge in [-0.25, -0.2) is 17.6 Å². The molecule has 2 aromatic carbocycles. The van der Waals surface area contributed by atoms with Gasteiger partial charge < -0.3 is 14.8 Å². The molecule has 1 heterocycles. The first-order valence-corrected chi connectivity index (χ1v) is 11.6. The zero-order chi connectivity index (χ0) is 28.0. The van der Waals surface area contributed by atoms with E-state index in [0.29, 0.717) is 0 Å². The summed E-state index contributed by atoms with van der Waals surface area (Å²) in [6.45, 7) is -0.922. The Morgan fingerprint density at radius 2 is 1.68 bits per heavy atom. The maximum absolute atomic E-state index is 13.1. The third-order valence-corrected chi connectivity index (χ3v) is 6.41. The highest BCUT2D eigenvalue weighted by atomic mass is 32.2. The van der Waals surface area contributed by atoms with E-state index >= 15 is 0 Å². The maximum Gasteiger partial charge on any atom is 0.456 e. The number of carbonyl (C=O) groups is 2. The van der Waals surface area contributed by atoms with Gasteiger partial charge in [0.25, 0.3) is 10.0 Å². The van der Waals surface area contributed by atoms with E-state index in [0.717, 1.165) is 34.6 Å². The van der Waals surface area contributed by atoms with E-state index in [1.165, 1.54) is 19.1 Å². The number of benzene rings is 2. The molecule has 0 radical (unpaired) electrons. The minimum Gasteiger partial charge on any atom is -0.489 e. The monoisotopic (exact) mass is 557 g/mol. The Morgan fingerprint density at radius 3 is 2.22 bits per heavy atom. The standard InChI is InChI=1S/C18H14F6N2O5S.C3H7NO/c19-11-1-4-13(5-2-11)32(28,29)26-7-8-30-15-6-3-12(9-14(15)26)25-16(27)31-10-17(20,21)18(22,23)24;1-3(5)4-2/h1-6,9H,7-8,10H2,(H,25,27);1-2H3,(H,4,5). The quantitative estimate of drug-likeness (QED) is 0.539. The van der Waals surface area contributed by atoms with Crippen molar-refractivity contribution >= 4 is 33.4 Å². The molecule has 0 bridgehead atoms. The topological polar surface area (TPSA) is 114 Å². The molecule has 0 spiro atoms. The summed E-state index contributed by atoms with van der Waals surface area (Å²) >= 11 is 0. The first-order chi connectivity index (χ1) is 17.1. The number of fused-ring (bicyclic) bond motifs is 1. The van der Waals surface area contributed by atoms with Crippen molar-refractivity contribution in [2.24, 2.45) is 0 Å². The van der Waals surface area contributed by atoms with Crippen LogP contribution in [0.1, 0.15) is 6.92 Å². The number of nitrogens with one attached hydrogen (secondary N) is 2. The van der Waals surface area contributed by atoms with Crippen LogP contribution in [0.3, 0.4) is 0 Å². The SMILES string of the molecule is CNC(C)=O.O=C(Nc1ccc2c(c1)N(S(=O)(=O)c1ccc(F)cc1)CCO2)OCC(F)(F)C(F)(F)F. The van der Waals surface area contributed by atoms with Gasteiger partial charge in [-0.3, -0.25) is 14.4 Å². The molecule has 204 valence electrons. The molecule has 1 aliphatic heterocycles. The van der Waals surface area contributed by atoms with Crippen LogP contribution >= 0.6 is 0 Å². The van der Waals surface area contributed by atoms with Crippen molar-refractivity contribution < 1.29 is 53.8 Å². The van der Waals surface area contributed by atoms with Crippen LogP contribution in [0.4, 0.5) is 42.5 Å². The summed E-state index contributed by atoms with van der Waals surface area (Å²) in [5, 5.41) is 4.34. The number of hydrogen-bond acceptors (Lipinski definition) is 6. The van der Waals surface area contributed by atoms with E-state index in [9.17, 15) is 44.3 Å². The van der Waals surface area contributed by atoms with Crippen LogP contribution in [0, 0.1) is 5.82 Å². The zero-order valence-electron chi connectivity index (χ0n) is 19.2. The van der Waals surface area contributed by atoms with Gasteiger partial charge in [0.05, 0.1) is 17.1 Å². The van der Waals surface area contributed by atoms with Gasteiger partial charge in [0.1, 0.15) is 18.2 Å². The van der Waals surface area contributed by atoms with Crippen LogP contribution < -0.4 is 19.7 Å². The van der Waals surface area contributed by atoms with Gasteiger partial charge >= 0.3 is 18.2 Å². The molecule has 0 saturated carbocycles. The van der Waals surface area contributed by atoms with Crippen molar-refractivity contribution in [3.8, 4) is 5.75 Å². The number of hydrogen-bond donors (Lipinski definition) is 2. The molecule has 0 fully saturated rings. The van der Waals surface area contributed by atoms with E-state index in [2.05, 4.69) is 10.1 Å². The van der Waals surface area contributed by atoms with Crippen LogP contribution in [0.25, 0.3) is 0 Å². The van der Waals surface area contributed by atoms with Crippen molar-refractivity contribution in [2.75, 3.05) is 36.4 Å². The summed E-state index contributed by atoms with van der Waals surface area (Å²) in [5.41, 5.74) is -0.201. The van der Waals surface area contributed by atoms with Crippen LogP contribution in [0.5, 0.6) is 5.75 Å². The molecule has 37 heavy (non-hydrogen) atoms. The van der Waals surface area contributed by atoms with Crippen LogP contribution in [-0.2, 0) is 19.6 Å². The van der Waals surface area contributed by atoms with E-state index in [-0.39, 0.29) is 41.1 Å². The number of halogens is 6. The van der Waals surface area contributed by atoms with Gasteiger partial charge in [-0.15, -0.1) is 0 Å². The Bertz CT molecular complexity index is 1220. The summed E-state index contributed by atoms with van der Waals surface area (Å²) in [7, 11) is -2.57. The van der Waals surface area contributed by atoms with E-state index in [1.54, 1.807) is 7.05 Å². The number of sulfonamides is 1. The summed E-state index contributed by atoms with van der Waals surface area (Å²) in [6, 6.07) is 7.61. The normalized spacial score (nSPS) is 13.4. The van der Waals surface area contributed by atoms with Gasteiger partial charge in [0.15, 0.2) is 6.61 Å². The molecule has 0 saturated heterocycles. The highest BCUT2D eigenvalue weighted by molar-refractivity contribution is 7.92. The number of amides is 2. The fourth-order valence-electron chi connectivity index (χ4n) is 2.65. The van der Waals surface area contributed by atoms with Crippen molar-refractivity contribution in [3.63, 3.8) is 0 Å². The number of anilines is 2. The molecule has 3 rings (SSSR count). The van der Waals surface area contributed by atoms with E-state index in [1.807, 2.05) is 5.32 Å². The van der Waals surface area contributed by atoms with Gasteiger partial charge in [-0.2, -0.15) is 22.0 Å². The zero-order valence-corrected chi connectivity index (χ0v) is 20.1. The van der Waals surface area contributed by atoms with Gasteiger partial charge in [0, 0.05) is 19.7 Å². The lowest BCUT2D eigenvalue weighted by atomic mass is 10.2. The lowest BCUT2D eigenvalue weighted by Crippen LogP contribution is -2.41. The number of ether oxygens (including phenoxy) is 2. The van der Waals surface area contributed by atoms with E-state index < -0.39 is 40.6 Å². The minimum atomic E-state index is -5.90. The molecule has 2 aromatic rings. The van der Waals surface area contributed by atoms with Gasteiger partial charge in [-0.05, 0) is 42.5 Å². The predicted molar refractivity (Wildman–Crippen MR) is 119 cm³/mol. The van der Waals surface area contributed by atoms with Gasteiger partial charge in [0.2, 0.25) is 5.91 Å². The summed E-state index contributed by atoms with van der Waals surface area (Å²) < 4.78 is 111. The van der Waals surface area contributed by atoms with Crippen molar-refractivity contribution in [1.29, 1.82) is 0 Å². The highest BCUT2D eigenvalue weighted by Crippen LogP contribution is 2.38. The Kier molecular flexibility index (Phi) is 9.24. The average molecular weight is 557 g/mol. The Hall–Kier alpha value is -3.69. The van der Waals surface area contributed by atoms with Crippen LogP contribution in [0.15, 0.2) is 47.4 Å². The summed E-state index contributed by atoms with van der Waals surface area (Å²) in [4.78, 5) is 21.1. The molecule has 0 unspecified atom stereocenters. The second kappa shape index (κ2) is 11.6. The van der Waals surface area contributed by atoms with Gasteiger partial charge in [-0.1, -0.05) is 0 Å². The molecule has 1 aliphatic rings. The Labute approximate surface area is 207 Å². The van der Waals surface area contributed by atoms with Crippen molar-refractivity contribution in [1.82, 2.24) is 5.32 Å². The number of rotatable bonds is 5. The molecule has 2 amide bonds. The first kappa shape index (κ1) is 29.5. The molecular weight excluding hydrogens is 536 g/mol. The van der Waals surface area contributed by atoms with E-state index in [4.69, 9.17) is 4.74 Å². The van der Waals surface area contributed by atoms with Crippen molar-refractivity contribution in [2.45, 2.75) is 23.9 Å². The largest absolute Gasteiger partial charge is 0.489 e. The van der Waals surface area contributed by atoms with Crippen molar-refractivity contribution in [3.05, 3.63) is 48.3 Å². The fraction of sp³-hybridized carbons (Fsp3) is 0.333. The molecule has 0 atom stereocenters. The predicted octanol–water partition coefficient (Wildman–Crippen LogP) is 3.91. The molecule has 0 aliphatic carbocycles. The molecule has 2 N–H and O–H groups in total. The summed E-state index contributed by atoms with van der Waals surface area (Å²) in [6.07, 6.45) is -7.51. The maximum atomic E-state index is 13.1. The average Bonchev–Trinajstić information content (AvgIpc) is 2.82. The smallest absolute Gasteiger partial charge is 0.456 e.